The zero-order chi connectivity index (χ0) is 35.0. The predicted octanol–water partition coefficient (Wildman–Crippen LogP) is 6.97. The van der Waals surface area contributed by atoms with Crippen LogP contribution in [0.15, 0.2) is 24.8 Å². The lowest BCUT2D eigenvalue weighted by atomic mass is 10.1. The van der Waals surface area contributed by atoms with E-state index in [4.69, 9.17) is 18.9 Å². The summed E-state index contributed by atoms with van der Waals surface area (Å²) in [5, 5.41) is 2.70. The molecule has 0 aliphatic carbocycles. The molecule has 11 heteroatoms. The largest absolute Gasteiger partial charge is 0.466 e. The Morgan fingerprint density at radius 2 is 1.17 bits per heavy atom. The van der Waals surface area contributed by atoms with E-state index in [1.807, 2.05) is 11.8 Å². The molecule has 0 aliphatic heterocycles. The Morgan fingerprint density at radius 1 is 0.638 bits per heavy atom. The molecule has 1 N–H and O–H groups in total. The molecule has 11 nitrogen and oxygen atoms in total. The van der Waals surface area contributed by atoms with E-state index >= 15 is 0 Å². The molecule has 0 saturated heterocycles. The second-order valence-corrected chi connectivity index (χ2v) is 11.7. The second-order valence-electron chi connectivity index (χ2n) is 11.7. The Bertz CT molecular complexity index is 907. The highest BCUT2D eigenvalue weighted by atomic mass is 16.6. The van der Waals surface area contributed by atoms with E-state index in [-0.39, 0.29) is 31.1 Å². The standard InChI is InChI=1S/C36H62N2O9/c1-5-33(40)45-28-22-16-10-8-11-17-23-32(39)38(26-20-14-9-7-12-18-24-34(41)44-6-2)27-21-15-13-19-25-37-36(43)47-30-29-46-35(42)31(3)4/h5H,1,3,6-30H2,2,4H3,(H,37,43). The van der Waals surface area contributed by atoms with Crippen LogP contribution in [0.2, 0.25) is 0 Å². The molecule has 0 heterocycles. The molecule has 0 atom stereocenters. The van der Waals surface area contributed by atoms with E-state index in [0.29, 0.717) is 38.2 Å². The first-order valence-electron chi connectivity index (χ1n) is 17.7. The van der Waals surface area contributed by atoms with Crippen molar-refractivity contribution in [2.24, 2.45) is 0 Å². The summed E-state index contributed by atoms with van der Waals surface area (Å²) in [6.45, 7) is 13.1. The molecule has 0 unspecified atom stereocenters. The zero-order valence-electron chi connectivity index (χ0n) is 29.3. The first kappa shape index (κ1) is 43.6. The molecule has 0 aromatic carbocycles. The molecule has 0 spiro atoms. The Balaban J connectivity index is 4.27. The van der Waals surface area contributed by atoms with Crippen molar-refractivity contribution in [1.82, 2.24) is 10.2 Å². The molecule has 0 aliphatic rings. The van der Waals surface area contributed by atoms with Gasteiger partial charge in [0.05, 0.1) is 13.2 Å². The van der Waals surface area contributed by atoms with Crippen molar-refractivity contribution in [3.63, 3.8) is 0 Å². The normalized spacial score (nSPS) is 10.5. The van der Waals surface area contributed by atoms with Crippen LogP contribution in [-0.2, 0) is 38.1 Å². The van der Waals surface area contributed by atoms with Crippen molar-refractivity contribution in [2.75, 3.05) is 46.1 Å². The van der Waals surface area contributed by atoms with E-state index in [9.17, 15) is 24.0 Å². The number of esters is 3. The van der Waals surface area contributed by atoms with Crippen LogP contribution in [0.25, 0.3) is 0 Å². The van der Waals surface area contributed by atoms with Crippen molar-refractivity contribution >= 4 is 29.9 Å². The quantitative estimate of drug-likeness (QED) is 0.0360. The zero-order valence-corrected chi connectivity index (χ0v) is 29.3. The minimum absolute atomic E-state index is 0.0118. The van der Waals surface area contributed by atoms with Gasteiger partial charge >= 0.3 is 24.0 Å². The molecule has 0 aromatic heterocycles. The van der Waals surface area contributed by atoms with E-state index < -0.39 is 12.1 Å². The van der Waals surface area contributed by atoms with Gasteiger partial charge in [0, 0.05) is 44.1 Å². The van der Waals surface area contributed by atoms with Gasteiger partial charge in [0.1, 0.15) is 13.2 Å². The number of nitrogens with one attached hydrogen (secondary N) is 1. The van der Waals surface area contributed by atoms with Crippen molar-refractivity contribution in [2.45, 2.75) is 129 Å². The van der Waals surface area contributed by atoms with Gasteiger partial charge in [0.15, 0.2) is 0 Å². The maximum absolute atomic E-state index is 13.1. The minimum atomic E-state index is -0.541. The smallest absolute Gasteiger partial charge is 0.407 e. The van der Waals surface area contributed by atoms with E-state index in [1.165, 1.54) is 6.08 Å². The fourth-order valence-corrected chi connectivity index (χ4v) is 4.76. The SMILES string of the molecule is C=CC(=O)OCCCCCCCCC(=O)N(CCCCCCCCC(=O)OCC)CCCCCCNC(=O)OCCOC(=O)C(=C)C. The number of alkyl carbamates (subject to hydrolysis) is 1. The van der Waals surface area contributed by atoms with Crippen LogP contribution in [0.4, 0.5) is 4.79 Å². The molecular formula is C36H62N2O9. The van der Waals surface area contributed by atoms with Crippen molar-refractivity contribution in [3.05, 3.63) is 24.8 Å². The van der Waals surface area contributed by atoms with Crippen LogP contribution in [-0.4, -0.2) is 80.9 Å². The summed E-state index contributed by atoms with van der Waals surface area (Å²) in [6.07, 6.45) is 17.2. The van der Waals surface area contributed by atoms with E-state index in [2.05, 4.69) is 18.5 Å². The number of carbonyl (C=O) groups is 5. The van der Waals surface area contributed by atoms with Gasteiger partial charge < -0.3 is 29.2 Å². The Kier molecular flexibility index (Phi) is 29.0. The fourth-order valence-electron chi connectivity index (χ4n) is 4.76. The highest BCUT2D eigenvalue weighted by Gasteiger charge is 2.13. The molecule has 0 rings (SSSR count). The van der Waals surface area contributed by atoms with Gasteiger partial charge in [0.2, 0.25) is 5.91 Å². The molecule has 0 saturated carbocycles. The van der Waals surface area contributed by atoms with Crippen molar-refractivity contribution in [3.8, 4) is 0 Å². The number of nitrogens with zero attached hydrogens (tertiary/aromatic N) is 1. The number of hydrogen-bond acceptors (Lipinski definition) is 9. The van der Waals surface area contributed by atoms with Gasteiger partial charge in [-0.05, 0) is 52.4 Å². The minimum Gasteiger partial charge on any atom is -0.466 e. The maximum Gasteiger partial charge on any atom is 0.407 e. The topological polar surface area (TPSA) is 138 Å². The predicted molar refractivity (Wildman–Crippen MR) is 183 cm³/mol. The van der Waals surface area contributed by atoms with Gasteiger partial charge in [-0.2, -0.15) is 0 Å². The second kappa shape index (κ2) is 31.2. The molecule has 0 aromatic rings. The van der Waals surface area contributed by atoms with Gasteiger partial charge in [-0.15, -0.1) is 0 Å². The third-order valence-corrected chi connectivity index (χ3v) is 7.44. The Hall–Kier alpha value is -3.37. The van der Waals surface area contributed by atoms with Crippen LogP contribution < -0.4 is 5.32 Å². The monoisotopic (exact) mass is 666 g/mol. The average Bonchev–Trinajstić information content (AvgIpc) is 3.05. The van der Waals surface area contributed by atoms with E-state index in [1.54, 1.807) is 6.92 Å². The van der Waals surface area contributed by atoms with Gasteiger partial charge in [-0.1, -0.05) is 77.4 Å². The molecule has 2 amide bonds. The number of carbonyl (C=O) groups excluding carboxylic acids is 5. The summed E-state index contributed by atoms with van der Waals surface area (Å²) < 4.78 is 19.8. The molecule has 0 radical (unpaired) electrons. The molecule has 0 fully saturated rings. The summed E-state index contributed by atoms with van der Waals surface area (Å²) in [7, 11) is 0. The summed E-state index contributed by atoms with van der Waals surface area (Å²) in [5.74, 6) is -0.800. The van der Waals surface area contributed by atoms with Crippen LogP contribution in [0.1, 0.15) is 129 Å². The van der Waals surface area contributed by atoms with Crippen LogP contribution in [0.3, 0.4) is 0 Å². The van der Waals surface area contributed by atoms with Crippen molar-refractivity contribution in [1.29, 1.82) is 0 Å². The van der Waals surface area contributed by atoms with E-state index in [0.717, 1.165) is 116 Å². The number of ether oxygens (including phenoxy) is 4. The summed E-state index contributed by atoms with van der Waals surface area (Å²) >= 11 is 0. The molecule has 0 bridgehead atoms. The lowest BCUT2D eigenvalue weighted by Gasteiger charge is -2.23. The van der Waals surface area contributed by atoms with Crippen LogP contribution in [0, 0.1) is 0 Å². The highest BCUT2D eigenvalue weighted by Crippen LogP contribution is 2.13. The fraction of sp³-hybridized carbons (Fsp3) is 0.750. The third-order valence-electron chi connectivity index (χ3n) is 7.44. The average molecular weight is 667 g/mol. The van der Waals surface area contributed by atoms with Crippen LogP contribution >= 0.6 is 0 Å². The van der Waals surface area contributed by atoms with Gasteiger partial charge in [-0.25, -0.2) is 14.4 Å². The van der Waals surface area contributed by atoms with Gasteiger partial charge in [0.25, 0.3) is 0 Å². The maximum atomic E-state index is 13.1. The first-order valence-corrected chi connectivity index (χ1v) is 17.7. The first-order chi connectivity index (χ1) is 22.7. The number of hydrogen-bond donors (Lipinski definition) is 1. The molecular weight excluding hydrogens is 604 g/mol. The summed E-state index contributed by atoms with van der Waals surface area (Å²) in [6, 6.07) is 0. The third kappa shape index (κ3) is 28.6. The Labute approximate surface area is 283 Å². The number of unbranched alkanes of at least 4 members (excludes halogenated alkanes) is 13. The summed E-state index contributed by atoms with van der Waals surface area (Å²) in [4.78, 5) is 60.7. The lowest BCUT2D eigenvalue weighted by molar-refractivity contribution is -0.143. The van der Waals surface area contributed by atoms with Crippen molar-refractivity contribution < 1.29 is 42.9 Å². The number of amides is 2. The number of rotatable bonds is 31. The highest BCUT2D eigenvalue weighted by molar-refractivity contribution is 5.86. The molecule has 270 valence electrons. The van der Waals surface area contributed by atoms with Gasteiger partial charge in [-0.3, -0.25) is 9.59 Å². The lowest BCUT2D eigenvalue weighted by Crippen LogP contribution is -2.32. The summed E-state index contributed by atoms with van der Waals surface area (Å²) in [5.41, 5.74) is 0.295. The molecule has 47 heavy (non-hydrogen) atoms. The van der Waals surface area contributed by atoms with Crippen LogP contribution in [0.5, 0.6) is 0 Å². The Morgan fingerprint density at radius 3 is 1.77 bits per heavy atom.